The molecule has 2 aromatic rings. The number of carbonyl (C=O) groups excluding carboxylic acids is 1. The number of hydrogen-bond acceptors (Lipinski definition) is 7. The molecule has 8 nitrogen and oxygen atoms in total. The highest BCUT2D eigenvalue weighted by Crippen LogP contribution is 2.44. The Hall–Kier alpha value is -2.48. The van der Waals surface area contributed by atoms with E-state index in [1.54, 1.807) is 0 Å². The minimum atomic E-state index is -6.32. The second-order valence-corrected chi connectivity index (χ2v) is 10.2. The summed E-state index contributed by atoms with van der Waals surface area (Å²) in [6, 6.07) is 7.76. The summed E-state index contributed by atoms with van der Waals surface area (Å²) in [5.41, 5.74) is -8.07. The minimum Gasteiger partial charge on any atom is -0.464 e. The van der Waals surface area contributed by atoms with Crippen LogP contribution in [0.15, 0.2) is 53.1 Å². The van der Waals surface area contributed by atoms with E-state index in [1.807, 2.05) is 0 Å². The van der Waals surface area contributed by atoms with E-state index in [-0.39, 0.29) is 14.4 Å². The highest BCUT2D eigenvalue weighted by atomic mass is 35.5. The van der Waals surface area contributed by atoms with Crippen LogP contribution in [0.1, 0.15) is 5.56 Å². The van der Waals surface area contributed by atoms with E-state index in [9.17, 15) is 34.8 Å². The molecule has 0 bridgehead atoms. The van der Waals surface area contributed by atoms with Crippen molar-refractivity contribution < 1.29 is 43.7 Å². The zero-order chi connectivity index (χ0) is 24.1. The number of methoxy groups -OCH3 is 1. The highest BCUT2D eigenvalue weighted by molar-refractivity contribution is 7.93. The molecular weight excluding hydrogens is 522 g/mol. The van der Waals surface area contributed by atoms with Crippen LogP contribution in [-0.2, 0) is 33.9 Å². The maximum absolute atomic E-state index is 13.3. The Morgan fingerprint density at radius 1 is 1.09 bits per heavy atom. The van der Waals surface area contributed by atoms with E-state index in [2.05, 4.69) is 8.92 Å². The molecule has 0 radical (unpaired) electrons. The Kier molecular flexibility index (Phi) is 6.15. The van der Waals surface area contributed by atoms with E-state index in [0.717, 1.165) is 31.4 Å². The van der Waals surface area contributed by atoms with Crippen molar-refractivity contribution in [2.24, 2.45) is 0 Å². The third-order valence-corrected chi connectivity index (χ3v) is 7.31. The number of alkyl halides is 3. The first kappa shape index (κ1) is 24.2. The van der Waals surface area contributed by atoms with Crippen LogP contribution in [0.4, 0.5) is 18.9 Å². The quantitative estimate of drug-likeness (QED) is 0.334. The molecule has 2 aromatic carbocycles. The Bertz CT molecular complexity index is 1360. The van der Waals surface area contributed by atoms with E-state index in [1.165, 1.54) is 18.2 Å². The standard InChI is InChI=1S/C17H10Cl2F3NO7S2/c1-29-16(24)14-15(30-32(27,28)17(20,21)22)10-4-2-3-5-13(10)31(25,26)23(14)12-7-6-9(18)8-11(12)19/h2-8H,1H3. The van der Waals surface area contributed by atoms with Crippen molar-refractivity contribution in [1.82, 2.24) is 0 Å². The number of rotatable bonds is 4. The first-order chi connectivity index (χ1) is 14.7. The number of halogens is 5. The number of carbonyl (C=O) groups is 1. The summed E-state index contributed by atoms with van der Waals surface area (Å²) >= 11 is 11.9. The van der Waals surface area contributed by atoms with E-state index < -0.39 is 59.2 Å². The lowest BCUT2D eigenvalue weighted by molar-refractivity contribution is -0.136. The molecule has 1 aliphatic rings. The Morgan fingerprint density at radius 3 is 2.28 bits per heavy atom. The van der Waals surface area contributed by atoms with Crippen molar-refractivity contribution >= 4 is 60.8 Å². The van der Waals surface area contributed by atoms with Crippen molar-refractivity contribution in [2.45, 2.75) is 10.4 Å². The molecule has 0 aromatic heterocycles. The number of benzene rings is 2. The number of sulfonamides is 1. The van der Waals surface area contributed by atoms with Gasteiger partial charge >= 0.3 is 21.6 Å². The summed E-state index contributed by atoms with van der Waals surface area (Å²) in [6.45, 7) is 0. The molecular formula is C17H10Cl2F3NO7S2. The van der Waals surface area contributed by atoms with Crippen LogP contribution in [-0.4, -0.2) is 35.4 Å². The maximum Gasteiger partial charge on any atom is 0.534 e. The first-order valence-electron chi connectivity index (χ1n) is 8.15. The monoisotopic (exact) mass is 531 g/mol. The smallest absolute Gasteiger partial charge is 0.464 e. The van der Waals surface area contributed by atoms with Gasteiger partial charge in [0.1, 0.15) is 0 Å². The molecule has 15 heteroatoms. The van der Waals surface area contributed by atoms with E-state index in [4.69, 9.17) is 23.2 Å². The molecule has 0 aliphatic carbocycles. The number of anilines is 1. The second kappa shape index (κ2) is 8.14. The zero-order valence-electron chi connectivity index (χ0n) is 15.6. The lowest BCUT2D eigenvalue weighted by Gasteiger charge is -2.32. The number of esters is 1. The molecule has 32 heavy (non-hydrogen) atoms. The molecule has 0 fully saturated rings. The second-order valence-electron chi connectivity index (χ2n) is 6.01. The van der Waals surface area contributed by atoms with Gasteiger partial charge in [-0.2, -0.15) is 21.6 Å². The summed E-state index contributed by atoms with van der Waals surface area (Å²) in [5.74, 6) is -2.73. The van der Waals surface area contributed by atoms with Gasteiger partial charge in [0, 0.05) is 10.6 Å². The SMILES string of the molecule is COC(=O)C1=C(OS(=O)(=O)C(F)(F)F)c2ccccc2S(=O)(=O)N1c1ccc(Cl)cc1Cl. The van der Waals surface area contributed by atoms with Gasteiger partial charge in [-0.1, -0.05) is 35.3 Å². The third kappa shape index (κ3) is 4.00. The fourth-order valence-electron chi connectivity index (χ4n) is 2.73. The van der Waals surface area contributed by atoms with Crippen molar-refractivity contribution in [3.63, 3.8) is 0 Å². The molecule has 1 heterocycles. The van der Waals surface area contributed by atoms with Crippen molar-refractivity contribution in [2.75, 3.05) is 11.4 Å². The minimum absolute atomic E-state index is 0.0771. The molecule has 0 unspecified atom stereocenters. The van der Waals surface area contributed by atoms with Crippen LogP contribution < -0.4 is 4.31 Å². The van der Waals surface area contributed by atoms with Gasteiger partial charge in [-0.15, -0.1) is 0 Å². The molecule has 0 saturated carbocycles. The fraction of sp³-hybridized carbons (Fsp3) is 0.118. The molecule has 0 spiro atoms. The summed E-state index contributed by atoms with van der Waals surface area (Å²) in [4.78, 5) is 11.9. The van der Waals surface area contributed by atoms with Gasteiger partial charge in [-0.05, 0) is 30.3 Å². The van der Waals surface area contributed by atoms with Crippen LogP contribution in [0.2, 0.25) is 10.0 Å². The molecule has 0 amide bonds. The zero-order valence-corrected chi connectivity index (χ0v) is 18.7. The Balaban J connectivity index is 2.47. The van der Waals surface area contributed by atoms with Gasteiger partial charge in [0.25, 0.3) is 10.0 Å². The predicted octanol–water partition coefficient (Wildman–Crippen LogP) is 3.91. The Labute approximate surface area is 189 Å². The van der Waals surface area contributed by atoms with Gasteiger partial charge < -0.3 is 8.92 Å². The van der Waals surface area contributed by atoms with Gasteiger partial charge in [0.05, 0.1) is 22.7 Å². The summed E-state index contributed by atoms with van der Waals surface area (Å²) in [7, 11) is -10.2. The van der Waals surface area contributed by atoms with Gasteiger partial charge in [-0.25, -0.2) is 17.5 Å². The molecule has 0 saturated heterocycles. The number of fused-ring (bicyclic) bond motifs is 1. The number of ether oxygens (including phenoxy) is 1. The van der Waals surface area contributed by atoms with Crippen LogP contribution in [0.3, 0.4) is 0 Å². The van der Waals surface area contributed by atoms with Gasteiger partial charge in [0.2, 0.25) is 0 Å². The first-order valence-corrected chi connectivity index (χ1v) is 11.8. The normalized spacial score (nSPS) is 15.9. The molecule has 0 N–H and O–H groups in total. The number of hydrogen-bond donors (Lipinski definition) is 0. The molecule has 1 aliphatic heterocycles. The van der Waals surface area contributed by atoms with Crippen molar-refractivity contribution in [1.29, 1.82) is 0 Å². The van der Waals surface area contributed by atoms with Crippen LogP contribution in [0, 0.1) is 0 Å². The maximum atomic E-state index is 13.3. The van der Waals surface area contributed by atoms with Gasteiger partial charge in [-0.3, -0.25) is 0 Å². The predicted molar refractivity (Wildman–Crippen MR) is 108 cm³/mol. The van der Waals surface area contributed by atoms with Crippen molar-refractivity contribution in [3.05, 3.63) is 63.8 Å². The average molecular weight is 532 g/mol. The molecule has 3 rings (SSSR count). The highest BCUT2D eigenvalue weighted by Gasteiger charge is 2.52. The average Bonchev–Trinajstić information content (AvgIpc) is 2.69. The molecule has 172 valence electrons. The molecule has 0 atom stereocenters. The van der Waals surface area contributed by atoms with Gasteiger partial charge in [0.15, 0.2) is 11.5 Å². The topological polar surface area (TPSA) is 107 Å². The van der Waals surface area contributed by atoms with Crippen LogP contribution >= 0.6 is 23.2 Å². The summed E-state index contributed by atoms with van der Waals surface area (Å²) in [6.07, 6.45) is 0. The van der Waals surface area contributed by atoms with Crippen molar-refractivity contribution in [3.8, 4) is 0 Å². The lowest BCUT2D eigenvalue weighted by Crippen LogP contribution is -2.40. The van der Waals surface area contributed by atoms with E-state index >= 15 is 0 Å². The fourth-order valence-corrected chi connectivity index (χ4v) is 5.45. The summed E-state index contributed by atoms with van der Waals surface area (Å²) in [5, 5.41) is -0.242. The lowest BCUT2D eigenvalue weighted by atomic mass is 10.1. The number of nitrogens with zero attached hydrogens (tertiary/aromatic N) is 1. The largest absolute Gasteiger partial charge is 0.534 e. The third-order valence-electron chi connectivity index (χ3n) is 4.05. The van der Waals surface area contributed by atoms with Crippen LogP contribution in [0.25, 0.3) is 5.76 Å². The van der Waals surface area contributed by atoms with E-state index in [0.29, 0.717) is 0 Å². The Morgan fingerprint density at radius 2 is 1.72 bits per heavy atom. The van der Waals surface area contributed by atoms with Crippen LogP contribution in [0.5, 0.6) is 0 Å². The summed E-state index contributed by atoms with van der Waals surface area (Å²) < 4.78 is 98.3.